The van der Waals surface area contributed by atoms with Crippen molar-refractivity contribution in [2.24, 2.45) is 0 Å². The van der Waals surface area contributed by atoms with Gasteiger partial charge in [-0.15, -0.1) is 0 Å². The van der Waals surface area contributed by atoms with E-state index in [2.05, 4.69) is 16.7 Å². The van der Waals surface area contributed by atoms with Gasteiger partial charge in [-0.2, -0.15) is 5.26 Å². The minimum absolute atomic E-state index is 0.113. The van der Waals surface area contributed by atoms with E-state index in [4.69, 9.17) is 5.26 Å². The standard InChI is InChI=1S/C19H22N4O2/c1-5-17(24)21-15-8-6-7-14(10-15)18(25)22-16-9-13(11-20)12-23(16)19(2,3)4/h6-10,12H,5H2,1-4H3,(H,21,24)(H,22,25). The number of amides is 2. The number of hydrogen-bond acceptors (Lipinski definition) is 3. The molecule has 6 heteroatoms. The average molecular weight is 338 g/mol. The molecule has 2 aromatic rings. The van der Waals surface area contributed by atoms with Crippen LogP contribution in [0.3, 0.4) is 0 Å². The third-order valence-electron chi connectivity index (χ3n) is 3.64. The second-order valence-electron chi connectivity index (χ2n) is 6.70. The topological polar surface area (TPSA) is 86.9 Å². The van der Waals surface area contributed by atoms with Crippen molar-refractivity contribution in [3.63, 3.8) is 0 Å². The van der Waals surface area contributed by atoms with Crippen molar-refractivity contribution < 1.29 is 9.59 Å². The van der Waals surface area contributed by atoms with Crippen LogP contribution in [0.5, 0.6) is 0 Å². The Morgan fingerprint density at radius 1 is 1.20 bits per heavy atom. The van der Waals surface area contributed by atoms with Crippen molar-refractivity contribution in [3.05, 3.63) is 47.7 Å². The predicted octanol–water partition coefficient (Wildman–Crippen LogP) is 3.72. The Morgan fingerprint density at radius 3 is 2.52 bits per heavy atom. The summed E-state index contributed by atoms with van der Waals surface area (Å²) >= 11 is 0. The molecule has 6 nitrogen and oxygen atoms in total. The molecule has 130 valence electrons. The third kappa shape index (κ3) is 4.48. The molecule has 0 unspecified atom stereocenters. The monoisotopic (exact) mass is 338 g/mol. The highest BCUT2D eigenvalue weighted by molar-refractivity contribution is 6.05. The van der Waals surface area contributed by atoms with Gasteiger partial charge >= 0.3 is 0 Å². The van der Waals surface area contributed by atoms with Crippen molar-refractivity contribution in [1.82, 2.24) is 4.57 Å². The molecule has 0 radical (unpaired) electrons. The number of hydrogen-bond donors (Lipinski definition) is 2. The summed E-state index contributed by atoms with van der Waals surface area (Å²) in [4.78, 5) is 24.1. The number of benzene rings is 1. The first-order valence-corrected chi connectivity index (χ1v) is 8.09. The summed E-state index contributed by atoms with van der Waals surface area (Å²) in [5.41, 5.74) is 1.20. The predicted molar refractivity (Wildman–Crippen MR) is 97.5 cm³/mol. The fraction of sp³-hybridized carbons (Fsp3) is 0.316. The van der Waals surface area contributed by atoms with Gasteiger partial charge in [0.1, 0.15) is 11.9 Å². The summed E-state index contributed by atoms with van der Waals surface area (Å²) in [6, 6.07) is 10.5. The quantitative estimate of drug-likeness (QED) is 0.891. The third-order valence-corrected chi connectivity index (χ3v) is 3.64. The van der Waals surface area contributed by atoms with Crippen molar-refractivity contribution in [2.45, 2.75) is 39.7 Å². The average Bonchev–Trinajstić information content (AvgIpc) is 2.98. The van der Waals surface area contributed by atoms with E-state index in [0.717, 1.165) is 0 Å². The Bertz CT molecular complexity index is 838. The molecule has 2 rings (SSSR count). The molecule has 0 saturated heterocycles. The van der Waals surface area contributed by atoms with Crippen LogP contribution < -0.4 is 10.6 Å². The van der Waals surface area contributed by atoms with Crippen LogP contribution in [-0.2, 0) is 10.3 Å². The van der Waals surface area contributed by atoms with Crippen molar-refractivity contribution in [3.8, 4) is 6.07 Å². The number of aromatic nitrogens is 1. The highest BCUT2D eigenvalue weighted by atomic mass is 16.2. The van der Waals surface area contributed by atoms with Crippen molar-refractivity contribution >= 4 is 23.3 Å². The van der Waals surface area contributed by atoms with Gasteiger partial charge in [0, 0.05) is 29.4 Å². The highest BCUT2D eigenvalue weighted by Crippen LogP contribution is 2.24. The van der Waals surface area contributed by atoms with Crippen LogP contribution in [0.2, 0.25) is 0 Å². The van der Waals surface area contributed by atoms with Gasteiger partial charge in [0.05, 0.1) is 5.56 Å². The van der Waals surface area contributed by atoms with E-state index in [1.165, 1.54) is 0 Å². The first-order chi connectivity index (χ1) is 11.7. The Labute approximate surface area is 147 Å². The fourth-order valence-corrected chi connectivity index (χ4v) is 2.35. The lowest BCUT2D eigenvalue weighted by atomic mass is 10.1. The van der Waals surface area contributed by atoms with Gasteiger partial charge < -0.3 is 15.2 Å². The van der Waals surface area contributed by atoms with Gasteiger partial charge in [-0.1, -0.05) is 13.0 Å². The van der Waals surface area contributed by atoms with Gasteiger partial charge in [-0.05, 0) is 45.0 Å². The Morgan fingerprint density at radius 2 is 1.92 bits per heavy atom. The van der Waals surface area contributed by atoms with Crippen LogP contribution in [0.25, 0.3) is 0 Å². The van der Waals surface area contributed by atoms with E-state index in [1.807, 2.05) is 25.3 Å². The molecule has 1 heterocycles. The van der Waals surface area contributed by atoms with Gasteiger partial charge in [-0.25, -0.2) is 0 Å². The van der Waals surface area contributed by atoms with Gasteiger partial charge in [-0.3, -0.25) is 9.59 Å². The minimum atomic E-state index is -0.305. The molecule has 0 bridgehead atoms. The second-order valence-corrected chi connectivity index (χ2v) is 6.70. The molecular weight excluding hydrogens is 316 g/mol. The number of anilines is 2. The summed E-state index contributed by atoms with van der Waals surface area (Å²) in [5, 5.41) is 14.7. The van der Waals surface area contributed by atoms with Crippen molar-refractivity contribution in [2.75, 3.05) is 10.6 Å². The maximum Gasteiger partial charge on any atom is 0.256 e. The molecule has 0 fully saturated rings. The lowest BCUT2D eigenvalue weighted by molar-refractivity contribution is -0.115. The lowest BCUT2D eigenvalue weighted by Gasteiger charge is -2.24. The summed E-state index contributed by atoms with van der Waals surface area (Å²) in [6.45, 7) is 7.74. The van der Waals surface area contributed by atoms with Gasteiger partial charge in [0.25, 0.3) is 5.91 Å². The second kappa shape index (κ2) is 7.22. The normalized spacial score (nSPS) is 10.8. The van der Waals surface area contributed by atoms with Gasteiger partial charge in [0.15, 0.2) is 0 Å². The van der Waals surface area contributed by atoms with E-state index in [9.17, 15) is 9.59 Å². The van der Waals surface area contributed by atoms with Crippen LogP contribution in [0, 0.1) is 11.3 Å². The van der Waals surface area contributed by atoms with Crippen molar-refractivity contribution in [1.29, 1.82) is 5.26 Å². The van der Waals surface area contributed by atoms with E-state index < -0.39 is 0 Å². The summed E-state index contributed by atoms with van der Waals surface area (Å²) < 4.78 is 1.85. The molecule has 1 aromatic heterocycles. The highest BCUT2D eigenvalue weighted by Gasteiger charge is 2.19. The zero-order valence-electron chi connectivity index (χ0n) is 14.9. The number of nitrogens with zero attached hydrogens (tertiary/aromatic N) is 2. The van der Waals surface area contributed by atoms with Crippen LogP contribution in [0.1, 0.15) is 50.0 Å². The molecule has 0 aliphatic heterocycles. The van der Waals surface area contributed by atoms with Gasteiger partial charge in [0.2, 0.25) is 5.91 Å². The van der Waals surface area contributed by atoms with Crippen LogP contribution in [0.4, 0.5) is 11.5 Å². The van der Waals surface area contributed by atoms with E-state index in [0.29, 0.717) is 29.1 Å². The molecule has 0 saturated carbocycles. The molecule has 25 heavy (non-hydrogen) atoms. The maximum atomic E-state index is 12.6. The number of nitriles is 1. The summed E-state index contributed by atoms with van der Waals surface area (Å²) in [6.07, 6.45) is 2.08. The summed E-state index contributed by atoms with van der Waals surface area (Å²) in [5.74, 6) is 0.135. The van der Waals surface area contributed by atoms with E-state index in [1.54, 1.807) is 43.5 Å². The lowest BCUT2D eigenvalue weighted by Crippen LogP contribution is -2.25. The Kier molecular flexibility index (Phi) is 5.28. The first kappa shape index (κ1) is 18.3. The SMILES string of the molecule is CCC(=O)Nc1cccc(C(=O)Nc2cc(C#N)cn2C(C)(C)C)c1. The van der Waals surface area contributed by atoms with E-state index >= 15 is 0 Å². The maximum absolute atomic E-state index is 12.6. The molecule has 2 amide bonds. The van der Waals surface area contributed by atoms with Crippen LogP contribution >= 0.6 is 0 Å². The van der Waals surface area contributed by atoms with Crippen LogP contribution in [0.15, 0.2) is 36.5 Å². The molecule has 2 N–H and O–H groups in total. The zero-order chi connectivity index (χ0) is 18.6. The number of rotatable bonds is 4. The molecule has 0 aliphatic rings. The smallest absolute Gasteiger partial charge is 0.256 e. The number of carbonyl (C=O) groups is 2. The van der Waals surface area contributed by atoms with E-state index in [-0.39, 0.29) is 17.4 Å². The fourth-order valence-electron chi connectivity index (χ4n) is 2.35. The Hall–Kier alpha value is -3.07. The Balaban J connectivity index is 2.26. The number of nitrogens with one attached hydrogen (secondary N) is 2. The first-order valence-electron chi connectivity index (χ1n) is 8.09. The molecule has 0 aliphatic carbocycles. The van der Waals surface area contributed by atoms with Crippen LogP contribution in [-0.4, -0.2) is 16.4 Å². The molecular formula is C19H22N4O2. The molecule has 0 atom stereocenters. The largest absolute Gasteiger partial charge is 0.328 e. The molecule has 1 aromatic carbocycles. The zero-order valence-corrected chi connectivity index (χ0v) is 14.9. The minimum Gasteiger partial charge on any atom is -0.328 e. The summed E-state index contributed by atoms with van der Waals surface area (Å²) in [7, 11) is 0. The number of carbonyl (C=O) groups excluding carboxylic acids is 2. The molecule has 0 spiro atoms.